The van der Waals surface area contributed by atoms with E-state index >= 15 is 0 Å². The highest BCUT2D eigenvalue weighted by Crippen LogP contribution is 2.24. The third-order valence-electron chi connectivity index (χ3n) is 4.11. The van der Waals surface area contributed by atoms with E-state index in [1.807, 2.05) is 0 Å². The first-order chi connectivity index (χ1) is 11.4. The van der Waals surface area contributed by atoms with Crippen LogP contribution in [0.25, 0.3) is 0 Å². The molecule has 130 valence electrons. The van der Waals surface area contributed by atoms with Crippen molar-refractivity contribution in [1.82, 2.24) is 4.90 Å². The average Bonchev–Trinajstić information content (AvgIpc) is 2.54. The molecular weight excluding hydrogens is 315 g/mol. The molecule has 0 aliphatic carbocycles. The van der Waals surface area contributed by atoms with Gasteiger partial charge in [-0.2, -0.15) is 0 Å². The number of amides is 2. The minimum absolute atomic E-state index is 0.00424. The second kappa shape index (κ2) is 7.90. The van der Waals surface area contributed by atoms with E-state index < -0.39 is 17.7 Å². The summed E-state index contributed by atoms with van der Waals surface area (Å²) in [7, 11) is 0. The topological polar surface area (TPSA) is 86.7 Å². The van der Waals surface area contributed by atoms with Gasteiger partial charge in [0.2, 0.25) is 5.91 Å². The van der Waals surface area contributed by atoms with Crippen LogP contribution in [0, 0.1) is 5.82 Å². The first-order valence-electron chi connectivity index (χ1n) is 7.98. The molecule has 1 saturated heterocycles. The van der Waals surface area contributed by atoms with Crippen LogP contribution >= 0.6 is 0 Å². The number of aliphatic carboxylic acids is 1. The second-order valence-corrected chi connectivity index (χ2v) is 5.96. The number of hydrogen-bond acceptors (Lipinski definition) is 3. The molecule has 1 aromatic rings. The van der Waals surface area contributed by atoms with E-state index in [4.69, 9.17) is 5.11 Å². The fourth-order valence-corrected chi connectivity index (χ4v) is 2.96. The Morgan fingerprint density at radius 3 is 2.71 bits per heavy atom. The Hall–Kier alpha value is -2.44. The van der Waals surface area contributed by atoms with Crippen LogP contribution in [0.5, 0.6) is 0 Å². The number of likely N-dealkylation sites (tertiary alicyclic amines) is 1. The first kappa shape index (κ1) is 17.9. The lowest BCUT2D eigenvalue weighted by atomic mass is 9.97. The molecular formula is C17H21FN2O4. The summed E-state index contributed by atoms with van der Waals surface area (Å²) >= 11 is 0. The third-order valence-corrected chi connectivity index (χ3v) is 4.11. The van der Waals surface area contributed by atoms with E-state index in [0.717, 1.165) is 25.3 Å². The Bertz CT molecular complexity index is 647. The number of nitrogens with one attached hydrogen (secondary N) is 1. The largest absolute Gasteiger partial charge is 0.481 e. The van der Waals surface area contributed by atoms with E-state index in [9.17, 15) is 18.8 Å². The number of carboxylic acids is 1. The maximum atomic E-state index is 14.0. The van der Waals surface area contributed by atoms with Gasteiger partial charge in [0.25, 0.3) is 5.91 Å². The van der Waals surface area contributed by atoms with Crippen molar-refractivity contribution in [2.45, 2.75) is 45.1 Å². The number of anilines is 1. The molecule has 0 saturated carbocycles. The number of nitrogens with zero attached hydrogens (tertiary/aromatic N) is 1. The quantitative estimate of drug-likeness (QED) is 0.865. The molecule has 7 heteroatoms. The van der Waals surface area contributed by atoms with Crippen molar-refractivity contribution in [1.29, 1.82) is 0 Å². The Labute approximate surface area is 139 Å². The van der Waals surface area contributed by atoms with Crippen LogP contribution in [-0.4, -0.2) is 40.4 Å². The summed E-state index contributed by atoms with van der Waals surface area (Å²) in [5.74, 6) is -2.26. The molecule has 6 nitrogen and oxygen atoms in total. The Kier molecular flexibility index (Phi) is 5.89. The first-order valence-corrected chi connectivity index (χ1v) is 7.98. The van der Waals surface area contributed by atoms with Gasteiger partial charge < -0.3 is 15.3 Å². The maximum absolute atomic E-state index is 14.0. The van der Waals surface area contributed by atoms with E-state index in [1.54, 1.807) is 4.90 Å². The zero-order chi connectivity index (χ0) is 17.7. The van der Waals surface area contributed by atoms with Crippen molar-refractivity contribution in [3.63, 3.8) is 0 Å². The summed E-state index contributed by atoms with van der Waals surface area (Å²) in [6, 6.07) is 3.80. The molecule has 0 spiro atoms. The number of piperidine rings is 1. The summed E-state index contributed by atoms with van der Waals surface area (Å²) in [5.41, 5.74) is 0.226. The fourth-order valence-electron chi connectivity index (χ4n) is 2.96. The summed E-state index contributed by atoms with van der Waals surface area (Å²) < 4.78 is 14.0. The predicted octanol–water partition coefficient (Wildman–Crippen LogP) is 2.64. The number of halogens is 1. The lowest BCUT2D eigenvalue weighted by Gasteiger charge is -2.35. The van der Waals surface area contributed by atoms with Crippen LogP contribution < -0.4 is 5.32 Å². The van der Waals surface area contributed by atoms with Gasteiger partial charge in [-0.25, -0.2) is 4.39 Å². The van der Waals surface area contributed by atoms with Gasteiger partial charge in [0.05, 0.1) is 5.69 Å². The van der Waals surface area contributed by atoms with E-state index in [-0.39, 0.29) is 29.6 Å². The van der Waals surface area contributed by atoms with Gasteiger partial charge in [0.1, 0.15) is 5.82 Å². The lowest BCUT2D eigenvalue weighted by Crippen LogP contribution is -2.44. The van der Waals surface area contributed by atoms with E-state index in [2.05, 4.69) is 5.32 Å². The molecule has 1 unspecified atom stereocenters. The summed E-state index contributed by atoms with van der Waals surface area (Å²) in [6.45, 7) is 1.82. The summed E-state index contributed by atoms with van der Waals surface area (Å²) in [6.07, 6.45) is 2.95. The minimum Gasteiger partial charge on any atom is -0.481 e. The van der Waals surface area contributed by atoms with Crippen molar-refractivity contribution in [2.24, 2.45) is 0 Å². The number of carbonyl (C=O) groups is 3. The number of carboxylic acid groups (broad SMARTS) is 1. The van der Waals surface area contributed by atoms with Crippen molar-refractivity contribution in [3.05, 3.63) is 29.6 Å². The lowest BCUT2D eigenvalue weighted by molar-refractivity contribution is -0.137. The zero-order valence-electron chi connectivity index (χ0n) is 13.5. The predicted molar refractivity (Wildman–Crippen MR) is 86.2 cm³/mol. The molecule has 2 amide bonds. The highest BCUT2D eigenvalue weighted by atomic mass is 19.1. The molecule has 2 N–H and O–H groups in total. The highest BCUT2D eigenvalue weighted by Gasteiger charge is 2.28. The normalized spacial score (nSPS) is 17.4. The van der Waals surface area contributed by atoms with Gasteiger partial charge in [-0.05, 0) is 43.9 Å². The molecule has 0 bridgehead atoms. The Morgan fingerprint density at radius 1 is 1.33 bits per heavy atom. The molecule has 24 heavy (non-hydrogen) atoms. The van der Waals surface area contributed by atoms with Crippen molar-refractivity contribution >= 4 is 23.5 Å². The molecule has 2 rings (SSSR count). The van der Waals surface area contributed by atoms with Crippen LogP contribution in [0.2, 0.25) is 0 Å². The molecule has 1 fully saturated rings. The van der Waals surface area contributed by atoms with Crippen LogP contribution in [0.15, 0.2) is 18.2 Å². The molecule has 0 aromatic heterocycles. The van der Waals surface area contributed by atoms with Gasteiger partial charge >= 0.3 is 5.97 Å². The van der Waals surface area contributed by atoms with Gasteiger partial charge in [-0.1, -0.05) is 0 Å². The second-order valence-electron chi connectivity index (χ2n) is 5.96. The average molecular weight is 336 g/mol. The molecule has 1 heterocycles. The van der Waals surface area contributed by atoms with Crippen molar-refractivity contribution in [2.75, 3.05) is 11.9 Å². The van der Waals surface area contributed by atoms with Crippen LogP contribution in [-0.2, 0) is 9.59 Å². The maximum Gasteiger partial charge on any atom is 0.303 e. The van der Waals surface area contributed by atoms with Gasteiger partial charge in [0.15, 0.2) is 0 Å². The number of carbonyl (C=O) groups excluding carboxylic acids is 2. The smallest absolute Gasteiger partial charge is 0.303 e. The molecule has 1 aliphatic heterocycles. The van der Waals surface area contributed by atoms with Gasteiger partial charge in [0, 0.05) is 31.5 Å². The van der Waals surface area contributed by atoms with Crippen LogP contribution in [0.3, 0.4) is 0 Å². The highest BCUT2D eigenvalue weighted by molar-refractivity contribution is 5.96. The molecule has 1 aliphatic rings. The van der Waals surface area contributed by atoms with Crippen molar-refractivity contribution < 1.29 is 23.9 Å². The molecule has 0 radical (unpaired) electrons. The number of benzene rings is 1. The van der Waals surface area contributed by atoms with Gasteiger partial charge in [-0.3, -0.25) is 14.4 Å². The summed E-state index contributed by atoms with van der Waals surface area (Å²) in [5, 5.41) is 11.2. The van der Waals surface area contributed by atoms with Crippen LogP contribution in [0.1, 0.15) is 49.4 Å². The molecule has 1 atom stereocenters. The standard InChI is InChI=1S/C17H21FN2O4/c1-11(21)19-15-7-5-12(10-14(15)18)17(24)20-9-3-2-4-13(20)6-8-16(22)23/h5,7,10,13H,2-4,6,8-9H2,1H3,(H,19,21)(H,22,23). The minimum atomic E-state index is -0.890. The number of hydrogen-bond donors (Lipinski definition) is 2. The van der Waals surface area contributed by atoms with E-state index in [1.165, 1.54) is 19.1 Å². The SMILES string of the molecule is CC(=O)Nc1ccc(C(=O)N2CCCCC2CCC(=O)O)cc1F. The monoisotopic (exact) mass is 336 g/mol. The van der Waals surface area contributed by atoms with E-state index in [0.29, 0.717) is 13.0 Å². The Balaban J connectivity index is 2.14. The summed E-state index contributed by atoms with van der Waals surface area (Å²) in [4.78, 5) is 36.1. The van der Waals surface area contributed by atoms with Crippen molar-refractivity contribution in [3.8, 4) is 0 Å². The number of rotatable bonds is 5. The van der Waals surface area contributed by atoms with Gasteiger partial charge in [-0.15, -0.1) is 0 Å². The zero-order valence-corrected chi connectivity index (χ0v) is 13.5. The fraction of sp³-hybridized carbons (Fsp3) is 0.471. The van der Waals surface area contributed by atoms with Crippen LogP contribution in [0.4, 0.5) is 10.1 Å². The Morgan fingerprint density at radius 2 is 2.08 bits per heavy atom. The third kappa shape index (κ3) is 4.53. The molecule has 1 aromatic carbocycles.